The minimum Gasteiger partial charge on any atom is -0.493 e. The van der Waals surface area contributed by atoms with Crippen molar-refractivity contribution in [2.75, 3.05) is 39.6 Å². The zero-order chi connectivity index (χ0) is 104. The van der Waals surface area contributed by atoms with Crippen LogP contribution in [0.5, 0.6) is 34.5 Å². The molecule has 0 N–H and O–H groups in total. The zero-order valence-electron chi connectivity index (χ0n) is 79.5. The Morgan fingerprint density at radius 3 is 0.829 bits per heavy atom. The van der Waals surface area contributed by atoms with Crippen molar-refractivity contribution in [3.05, 3.63) is 389 Å². The highest BCUT2D eigenvalue weighted by molar-refractivity contribution is 6.07. The van der Waals surface area contributed by atoms with Gasteiger partial charge in [-0.2, -0.15) is 39.5 Å². The molecule has 6 heterocycles. The van der Waals surface area contributed by atoms with Gasteiger partial charge < -0.3 is 28.4 Å². The standard InChI is InChI=1S/3C20H17F3O3.2C19H17FO3.C19H18O3/c21-20(22,23)16-5-1-3-13(12-16)17(24)7-8-18(25)14-6-9-19-15(11-14)4-2-10-26-19;21-20(22,23)16-6-3-13(4-7-16)17(24)8-9-18(25)14-5-10-19-15(12-14)2-1-11-26-19;21-20(22,23)16-6-2-1-5-15(16)18(25)9-8-17(24)13-7-10-19-14(12-13)4-3-11-26-19;20-16-5-1-3-13(12-16)17(21)7-8-18(22)14-6-9-19-15(11-14)4-2-10-23-19;20-16-6-2-1-5-15(16)18(22)9-8-17(21)13-7-10-19-14(12-13)4-3-11-23-19;20-17(14-5-2-1-3-6-14)10-11-18(21)16-9-8-15-7-4-12-22-19(15)13-16/h1,3,5-6,9,11-12H,2,4,7-8,10H2;3-7,10,12H,1-2,8-9,11H2;1-2,5-7,10,12H,3-4,8-9,11H2;1,3,5-6,9,11-12H,2,4,7-8,10H2;1-2,5-7,10,12H,3-4,8-9,11H2;1-3,5-6,8-9,13H,4,7,10-12H2. The molecule has 18 rings (SSSR count). The van der Waals surface area contributed by atoms with Gasteiger partial charge >= 0.3 is 18.5 Å². The normalized spacial score (nSPS) is 13.4. The summed E-state index contributed by atoms with van der Waals surface area (Å²) in [5.41, 5.74) is 7.48. The number of ether oxygens (including phenoxy) is 6. The maximum Gasteiger partial charge on any atom is 0.417 e. The Bertz CT molecular complexity index is 6780. The van der Waals surface area contributed by atoms with E-state index in [4.69, 9.17) is 28.4 Å². The SMILES string of the molecule is O=C(CCC(=O)c1ccc2c(c1)CCCO2)c1ccc(C(F)(F)F)cc1.O=C(CCC(=O)c1ccc2c(c1)CCCO2)c1cccc(C(F)(F)F)c1.O=C(CCC(=O)c1ccc2c(c1)CCCO2)c1cccc(F)c1.O=C(CCC(=O)c1ccc2c(c1)OCCC2)c1ccccc1.O=C(CCC(=O)c1ccccc1C(F)(F)F)c1ccc2c(c1)CCCO2.O=C(CCC(=O)c1ccccc1F)c1ccc2c(c1)CCCO2. The van der Waals surface area contributed by atoms with E-state index in [1.165, 1.54) is 60.7 Å². The van der Waals surface area contributed by atoms with Gasteiger partial charge in [0.2, 0.25) is 0 Å². The van der Waals surface area contributed by atoms with E-state index < -0.39 is 64.0 Å². The molecule has 29 heteroatoms. The third-order valence-electron chi connectivity index (χ3n) is 24.9. The zero-order valence-corrected chi connectivity index (χ0v) is 79.5. The molecule has 6 aliphatic heterocycles. The van der Waals surface area contributed by atoms with Gasteiger partial charge in [-0.15, -0.1) is 0 Å². The molecule has 756 valence electrons. The van der Waals surface area contributed by atoms with Gasteiger partial charge in [0.1, 0.15) is 46.1 Å². The summed E-state index contributed by atoms with van der Waals surface area (Å²) in [5, 5.41) is 0. The highest BCUT2D eigenvalue weighted by Crippen LogP contribution is 2.38. The lowest BCUT2D eigenvalue weighted by molar-refractivity contribution is -0.138. The Balaban J connectivity index is 0.000000147. The molecule has 12 aromatic rings. The summed E-state index contributed by atoms with van der Waals surface area (Å²) in [6.07, 6.45) is -2.55. The summed E-state index contributed by atoms with van der Waals surface area (Å²) in [6.45, 7) is 4.10. The Kier molecular flexibility index (Phi) is 37.9. The molecule has 6 aliphatic rings. The van der Waals surface area contributed by atoms with Crippen LogP contribution in [-0.2, 0) is 57.1 Å². The first kappa shape index (κ1) is 108. The summed E-state index contributed by atoms with van der Waals surface area (Å²) >= 11 is 0. The van der Waals surface area contributed by atoms with E-state index in [0.717, 1.165) is 193 Å². The van der Waals surface area contributed by atoms with Crippen LogP contribution < -0.4 is 28.4 Å². The first-order valence-corrected chi connectivity index (χ1v) is 48.1. The average Bonchev–Trinajstić information content (AvgIpc) is 0.825. The van der Waals surface area contributed by atoms with E-state index in [1.807, 2.05) is 54.6 Å². The molecule has 0 saturated heterocycles. The number of carbonyl (C=O) groups is 12. The number of hydrogen-bond acceptors (Lipinski definition) is 18. The number of carbonyl (C=O) groups excluding carboxylic acids is 12. The number of benzene rings is 12. The number of aryl methyl sites for hydroxylation is 6. The van der Waals surface area contributed by atoms with Gasteiger partial charge in [-0.25, -0.2) is 8.78 Å². The molecule has 0 fully saturated rings. The first-order chi connectivity index (χ1) is 70.1. The second kappa shape index (κ2) is 51.3. The maximum absolute atomic E-state index is 13.6. The molecule has 0 aliphatic carbocycles. The van der Waals surface area contributed by atoms with E-state index in [2.05, 4.69) is 0 Å². The van der Waals surface area contributed by atoms with Gasteiger partial charge in [-0.3, -0.25) is 57.5 Å². The second-order valence-corrected chi connectivity index (χ2v) is 35.3. The third-order valence-corrected chi connectivity index (χ3v) is 24.9. The molecule has 0 saturated carbocycles. The molecule has 146 heavy (non-hydrogen) atoms. The molecule has 18 nitrogen and oxygen atoms in total. The number of alkyl halides is 9. The molecule has 0 aromatic heterocycles. The van der Waals surface area contributed by atoms with Crippen LogP contribution in [0.2, 0.25) is 0 Å². The molecular formula is C117H103F11O18. The first-order valence-electron chi connectivity index (χ1n) is 48.1. The van der Waals surface area contributed by atoms with E-state index in [0.29, 0.717) is 84.1 Å². The number of hydrogen-bond donors (Lipinski definition) is 0. The molecule has 12 aromatic carbocycles. The number of fused-ring (bicyclic) bond motifs is 6. The highest BCUT2D eigenvalue weighted by Gasteiger charge is 2.36. The monoisotopic (exact) mass is 2000 g/mol. The van der Waals surface area contributed by atoms with Crippen molar-refractivity contribution in [3.63, 3.8) is 0 Å². The number of halogens is 11. The lowest BCUT2D eigenvalue weighted by Gasteiger charge is -2.17. The largest absolute Gasteiger partial charge is 0.493 e. The fraction of sp³-hybridized carbons (Fsp3) is 0.282. The maximum atomic E-state index is 13.6. The van der Waals surface area contributed by atoms with Crippen LogP contribution in [0, 0.1) is 11.6 Å². The quantitative estimate of drug-likeness (QED) is 0.0299. The van der Waals surface area contributed by atoms with Crippen LogP contribution in [0.25, 0.3) is 0 Å². The smallest absolute Gasteiger partial charge is 0.417 e. The molecule has 0 unspecified atom stereocenters. The average molecular weight is 2010 g/mol. The van der Waals surface area contributed by atoms with Crippen molar-refractivity contribution in [1.29, 1.82) is 0 Å². The Labute approximate surface area is 835 Å². The van der Waals surface area contributed by atoms with Crippen molar-refractivity contribution in [1.82, 2.24) is 0 Å². The number of Topliss-reactive ketones (excluding diaryl/α,β-unsaturated/α-hetero) is 12. The predicted molar refractivity (Wildman–Crippen MR) is 522 cm³/mol. The minimum absolute atomic E-state index is 0.00293. The van der Waals surface area contributed by atoms with Crippen molar-refractivity contribution in [3.8, 4) is 34.5 Å². The molecule has 0 amide bonds. The van der Waals surface area contributed by atoms with Crippen molar-refractivity contribution < 1.29 is 134 Å². The summed E-state index contributed by atoms with van der Waals surface area (Å²) in [6, 6.07) is 65.3. The fourth-order valence-electron chi connectivity index (χ4n) is 16.9. The van der Waals surface area contributed by atoms with Crippen LogP contribution in [0.1, 0.15) is 290 Å². The van der Waals surface area contributed by atoms with Crippen molar-refractivity contribution in [2.24, 2.45) is 0 Å². The summed E-state index contributed by atoms with van der Waals surface area (Å²) in [7, 11) is 0. The van der Waals surface area contributed by atoms with Crippen molar-refractivity contribution in [2.45, 2.75) is 173 Å². The van der Waals surface area contributed by atoms with Crippen molar-refractivity contribution >= 4 is 69.4 Å². The van der Waals surface area contributed by atoms with Gasteiger partial charge in [-0.05, 0) is 262 Å². The van der Waals surface area contributed by atoms with Crippen LogP contribution in [0.3, 0.4) is 0 Å². The lowest BCUT2D eigenvalue weighted by atomic mass is 9.96. The van der Waals surface area contributed by atoms with Crippen LogP contribution in [0.4, 0.5) is 48.3 Å². The van der Waals surface area contributed by atoms with E-state index >= 15 is 0 Å². The van der Waals surface area contributed by atoms with Gasteiger partial charge in [0.15, 0.2) is 69.4 Å². The van der Waals surface area contributed by atoms with E-state index in [9.17, 15) is 106 Å². The fourth-order valence-corrected chi connectivity index (χ4v) is 16.9. The van der Waals surface area contributed by atoms with Crippen LogP contribution in [-0.4, -0.2) is 109 Å². The molecule has 0 radical (unpaired) electrons. The Morgan fingerprint density at radius 2 is 0.473 bits per heavy atom. The number of rotatable bonds is 30. The predicted octanol–water partition coefficient (Wildman–Crippen LogP) is 26.5. The molecule has 0 bridgehead atoms. The molecular weight excluding hydrogens is 1900 g/mol. The van der Waals surface area contributed by atoms with E-state index in [-0.39, 0.29) is 152 Å². The molecule has 0 atom stereocenters. The number of ketones is 12. The van der Waals surface area contributed by atoms with E-state index in [1.54, 1.807) is 97.1 Å². The van der Waals surface area contributed by atoms with Crippen LogP contribution in [0.15, 0.2) is 261 Å². The summed E-state index contributed by atoms with van der Waals surface area (Å²) in [5.74, 6) is 0.857. The highest BCUT2D eigenvalue weighted by atomic mass is 19.4. The Morgan fingerprint density at radius 1 is 0.205 bits per heavy atom. The van der Waals surface area contributed by atoms with Gasteiger partial charge in [0, 0.05) is 138 Å². The Hall–Kier alpha value is -15.3. The topological polar surface area (TPSA) is 260 Å². The summed E-state index contributed by atoms with van der Waals surface area (Å²) < 4.78 is 175. The molecule has 0 spiro atoms. The van der Waals surface area contributed by atoms with Gasteiger partial charge in [0.05, 0.1) is 61.9 Å². The van der Waals surface area contributed by atoms with Gasteiger partial charge in [-0.1, -0.05) is 109 Å². The second-order valence-electron chi connectivity index (χ2n) is 35.3. The minimum atomic E-state index is -4.60. The van der Waals surface area contributed by atoms with Gasteiger partial charge in [0.25, 0.3) is 0 Å². The third kappa shape index (κ3) is 30.9. The lowest BCUT2D eigenvalue weighted by Crippen LogP contribution is -2.14. The summed E-state index contributed by atoms with van der Waals surface area (Å²) in [4.78, 5) is 146. The van der Waals surface area contributed by atoms with Crippen LogP contribution >= 0.6 is 0 Å².